The smallest absolute Gasteiger partial charge is 0.233 e. The van der Waals surface area contributed by atoms with Crippen molar-refractivity contribution in [3.63, 3.8) is 0 Å². The fourth-order valence-corrected chi connectivity index (χ4v) is 4.01. The normalized spacial score (nSPS) is 24.9. The maximum absolute atomic E-state index is 12.8. The first-order chi connectivity index (χ1) is 12.1. The number of carbonyl (C=O) groups excluding carboxylic acids is 2. The molecule has 3 aliphatic rings. The molecule has 2 saturated heterocycles. The van der Waals surface area contributed by atoms with E-state index in [1.54, 1.807) is 7.11 Å². The monoisotopic (exact) mass is 355 g/mol. The van der Waals surface area contributed by atoms with Crippen LogP contribution < -0.4 is 4.74 Å². The van der Waals surface area contributed by atoms with Crippen LogP contribution in [0.1, 0.15) is 23.5 Å². The molecule has 2 bridgehead atoms. The SMILES string of the molecule is COc1ccc(CN2C(=O)C3CC(C2=O)C3c2ccc(Cl)cc2)cc1. The molecule has 2 heterocycles. The summed E-state index contributed by atoms with van der Waals surface area (Å²) < 4.78 is 5.14. The van der Waals surface area contributed by atoms with E-state index in [2.05, 4.69) is 0 Å². The zero-order valence-electron chi connectivity index (χ0n) is 13.8. The molecule has 2 unspecified atom stereocenters. The number of halogens is 1. The van der Waals surface area contributed by atoms with Crippen LogP contribution in [0.5, 0.6) is 5.75 Å². The minimum absolute atomic E-state index is 0.00983. The van der Waals surface area contributed by atoms with Gasteiger partial charge in [0.05, 0.1) is 13.7 Å². The van der Waals surface area contributed by atoms with Crippen LogP contribution in [-0.4, -0.2) is 23.8 Å². The van der Waals surface area contributed by atoms with Crippen LogP contribution in [0.3, 0.4) is 0 Å². The number of rotatable bonds is 4. The maximum atomic E-state index is 12.8. The van der Waals surface area contributed by atoms with Crippen molar-refractivity contribution >= 4 is 23.4 Å². The van der Waals surface area contributed by atoms with Gasteiger partial charge in [-0.3, -0.25) is 14.5 Å². The summed E-state index contributed by atoms with van der Waals surface area (Å²) in [5.41, 5.74) is 1.95. The second-order valence-corrected chi connectivity index (χ2v) is 7.07. The van der Waals surface area contributed by atoms with E-state index in [1.807, 2.05) is 48.5 Å². The number of ether oxygens (including phenoxy) is 1. The number of hydrogen-bond donors (Lipinski definition) is 0. The zero-order chi connectivity index (χ0) is 17.6. The quantitative estimate of drug-likeness (QED) is 0.787. The highest BCUT2D eigenvalue weighted by molar-refractivity contribution is 6.30. The summed E-state index contributed by atoms with van der Waals surface area (Å²) in [5.74, 6) is 0.394. The molecule has 2 amide bonds. The Balaban J connectivity index is 1.53. The lowest BCUT2D eigenvalue weighted by Crippen LogP contribution is -2.60. The number of hydrogen-bond acceptors (Lipinski definition) is 3. The summed E-state index contributed by atoms with van der Waals surface area (Å²) >= 11 is 5.94. The van der Waals surface area contributed by atoms with Gasteiger partial charge < -0.3 is 4.74 Å². The fraction of sp³-hybridized carbons (Fsp3) is 0.300. The summed E-state index contributed by atoms with van der Waals surface area (Å²) in [4.78, 5) is 27.0. The van der Waals surface area contributed by atoms with Gasteiger partial charge in [0, 0.05) is 22.8 Å². The van der Waals surface area contributed by atoms with Crippen LogP contribution in [0.25, 0.3) is 0 Å². The first-order valence-corrected chi connectivity index (χ1v) is 8.70. The molecule has 128 valence electrons. The average Bonchev–Trinajstić information content (AvgIpc) is 2.60. The predicted octanol–water partition coefficient (Wildman–Crippen LogP) is 3.64. The Morgan fingerprint density at radius 3 is 2.16 bits per heavy atom. The molecular formula is C20H18ClNO3. The molecule has 25 heavy (non-hydrogen) atoms. The Kier molecular flexibility index (Phi) is 4.00. The predicted molar refractivity (Wildman–Crippen MR) is 94.3 cm³/mol. The lowest BCUT2D eigenvalue weighted by Gasteiger charge is -2.51. The van der Waals surface area contributed by atoms with Crippen molar-refractivity contribution in [2.24, 2.45) is 11.8 Å². The summed E-state index contributed by atoms with van der Waals surface area (Å²) in [5, 5.41) is 0.659. The minimum Gasteiger partial charge on any atom is -0.497 e. The van der Waals surface area contributed by atoms with E-state index in [0.717, 1.165) is 16.9 Å². The second-order valence-electron chi connectivity index (χ2n) is 6.64. The molecule has 0 spiro atoms. The Labute approximate surface area is 151 Å². The van der Waals surface area contributed by atoms with Crippen molar-refractivity contribution in [3.05, 3.63) is 64.7 Å². The van der Waals surface area contributed by atoms with Gasteiger partial charge in [0.2, 0.25) is 11.8 Å². The summed E-state index contributed by atoms with van der Waals surface area (Å²) in [7, 11) is 1.61. The van der Waals surface area contributed by atoms with E-state index in [-0.39, 0.29) is 29.6 Å². The summed E-state index contributed by atoms with van der Waals surface area (Å²) in [6.07, 6.45) is 0.657. The number of piperidine rings is 2. The number of fused-ring (bicyclic) bond motifs is 2. The summed E-state index contributed by atoms with van der Waals surface area (Å²) in [6, 6.07) is 14.9. The standard InChI is InChI=1S/C20H18ClNO3/c1-25-15-8-2-12(3-9-15)11-22-19(23)16-10-17(20(22)24)18(16)13-4-6-14(21)7-5-13/h2-9,16-18H,10-11H2,1H3. The van der Waals surface area contributed by atoms with E-state index in [9.17, 15) is 9.59 Å². The van der Waals surface area contributed by atoms with Crippen molar-refractivity contribution in [2.75, 3.05) is 7.11 Å². The summed E-state index contributed by atoms with van der Waals surface area (Å²) in [6.45, 7) is 0.321. The average molecular weight is 356 g/mol. The van der Waals surface area contributed by atoms with Crippen LogP contribution in [0.15, 0.2) is 48.5 Å². The molecule has 5 rings (SSSR count). The van der Waals surface area contributed by atoms with Crippen LogP contribution in [0, 0.1) is 11.8 Å². The van der Waals surface area contributed by atoms with Crippen molar-refractivity contribution in [1.29, 1.82) is 0 Å². The van der Waals surface area contributed by atoms with E-state index in [0.29, 0.717) is 18.0 Å². The highest BCUT2D eigenvalue weighted by Gasteiger charge is 2.57. The van der Waals surface area contributed by atoms with Gasteiger partial charge in [-0.2, -0.15) is 0 Å². The van der Waals surface area contributed by atoms with E-state index >= 15 is 0 Å². The molecule has 5 heteroatoms. The van der Waals surface area contributed by atoms with E-state index < -0.39 is 0 Å². The van der Waals surface area contributed by atoms with E-state index in [4.69, 9.17) is 16.3 Å². The van der Waals surface area contributed by atoms with Crippen LogP contribution in [-0.2, 0) is 16.1 Å². The Bertz CT molecular complexity index is 794. The number of methoxy groups -OCH3 is 1. The van der Waals surface area contributed by atoms with Gasteiger partial charge in [0.1, 0.15) is 5.75 Å². The highest BCUT2D eigenvalue weighted by Crippen LogP contribution is 2.53. The van der Waals surface area contributed by atoms with Crippen molar-refractivity contribution < 1.29 is 14.3 Å². The molecule has 3 fully saturated rings. The second kappa shape index (κ2) is 6.19. The number of nitrogens with zero attached hydrogens (tertiary/aromatic N) is 1. The molecule has 1 aliphatic carbocycles. The molecule has 2 aliphatic heterocycles. The third kappa shape index (κ3) is 2.71. The fourth-order valence-electron chi connectivity index (χ4n) is 3.89. The lowest BCUT2D eigenvalue weighted by molar-refractivity contribution is -0.168. The number of carbonyl (C=O) groups is 2. The molecule has 2 aromatic carbocycles. The van der Waals surface area contributed by atoms with Crippen LogP contribution in [0.2, 0.25) is 5.02 Å². The highest BCUT2D eigenvalue weighted by atomic mass is 35.5. The third-order valence-corrected chi connectivity index (χ3v) is 5.55. The molecule has 2 atom stereocenters. The number of imide groups is 1. The molecular weight excluding hydrogens is 338 g/mol. The first-order valence-electron chi connectivity index (χ1n) is 8.32. The zero-order valence-corrected chi connectivity index (χ0v) is 14.6. The van der Waals surface area contributed by atoms with Crippen molar-refractivity contribution in [3.8, 4) is 5.75 Å². The van der Waals surface area contributed by atoms with Gasteiger partial charge in [-0.1, -0.05) is 35.9 Å². The van der Waals surface area contributed by atoms with Crippen LogP contribution >= 0.6 is 11.6 Å². The van der Waals surface area contributed by atoms with Gasteiger partial charge in [-0.25, -0.2) is 0 Å². The first kappa shape index (κ1) is 16.2. The largest absolute Gasteiger partial charge is 0.497 e. The molecule has 2 aromatic rings. The lowest BCUT2D eigenvalue weighted by atomic mass is 9.58. The van der Waals surface area contributed by atoms with Gasteiger partial charge in [0.25, 0.3) is 0 Å². The maximum Gasteiger partial charge on any atom is 0.233 e. The molecule has 0 aromatic heterocycles. The van der Waals surface area contributed by atoms with Gasteiger partial charge in [0.15, 0.2) is 0 Å². The number of benzene rings is 2. The topological polar surface area (TPSA) is 46.6 Å². The number of amides is 2. The van der Waals surface area contributed by atoms with Crippen molar-refractivity contribution in [2.45, 2.75) is 18.9 Å². The Hall–Kier alpha value is -2.33. The molecule has 1 saturated carbocycles. The van der Waals surface area contributed by atoms with Gasteiger partial charge >= 0.3 is 0 Å². The molecule has 0 N–H and O–H groups in total. The Morgan fingerprint density at radius 2 is 1.60 bits per heavy atom. The Morgan fingerprint density at radius 1 is 1.00 bits per heavy atom. The van der Waals surface area contributed by atoms with E-state index in [1.165, 1.54) is 4.90 Å². The van der Waals surface area contributed by atoms with Crippen molar-refractivity contribution in [1.82, 2.24) is 4.90 Å². The third-order valence-electron chi connectivity index (χ3n) is 5.30. The molecule has 4 nitrogen and oxygen atoms in total. The minimum atomic E-state index is -0.109. The van der Waals surface area contributed by atoms with Crippen LogP contribution in [0.4, 0.5) is 0 Å². The van der Waals surface area contributed by atoms with Gasteiger partial charge in [-0.05, 0) is 41.8 Å². The molecule has 0 radical (unpaired) electrons. The van der Waals surface area contributed by atoms with Gasteiger partial charge in [-0.15, -0.1) is 0 Å².